The first-order valence-electron chi connectivity index (χ1n) is 15.6. The zero-order valence-electron chi connectivity index (χ0n) is 27.3. The van der Waals surface area contributed by atoms with Crippen molar-refractivity contribution in [3.63, 3.8) is 0 Å². The van der Waals surface area contributed by atoms with E-state index in [0.29, 0.717) is 51.2 Å². The van der Waals surface area contributed by atoms with Crippen molar-refractivity contribution in [2.75, 3.05) is 25.7 Å². The quantitative estimate of drug-likeness (QED) is 0.0945. The normalized spacial score (nSPS) is 16.0. The van der Waals surface area contributed by atoms with Crippen molar-refractivity contribution in [3.05, 3.63) is 72.7 Å². The number of pyridine rings is 1. The third-order valence-electron chi connectivity index (χ3n) is 8.06. The highest BCUT2D eigenvalue weighted by atomic mass is 31.2. The Hall–Kier alpha value is -4.03. The van der Waals surface area contributed by atoms with Gasteiger partial charge in [0.25, 0.3) is 0 Å². The van der Waals surface area contributed by atoms with Crippen molar-refractivity contribution in [1.82, 2.24) is 24.4 Å². The monoisotopic (exact) mass is 677 g/mol. The molecule has 0 N–H and O–H groups in total. The number of ketones is 2. The minimum Gasteiger partial charge on any atom is -0.480 e. The Balaban J connectivity index is 1.52. The lowest BCUT2D eigenvalue weighted by molar-refractivity contribution is -0.137. The summed E-state index contributed by atoms with van der Waals surface area (Å²) < 4.78 is 32.0. The summed E-state index contributed by atoms with van der Waals surface area (Å²) in [6.45, 7) is 9.53. The van der Waals surface area contributed by atoms with Crippen LogP contribution in [0.5, 0.6) is 5.75 Å². The van der Waals surface area contributed by atoms with E-state index in [-0.39, 0.29) is 50.0 Å². The van der Waals surface area contributed by atoms with E-state index in [4.69, 9.17) is 13.8 Å². The van der Waals surface area contributed by atoms with Gasteiger partial charge in [0.1, 0.15) is 18.6 Å². The Kier molecular flexibility index (Phi) is 10.5. The van der Waals surface area contributed by atoms with Gasteiger partial charge in [-0.15, -0.1) is 0 Å². The number of ether oxygens (including phenoxy) is 1. The Morgan fingerprint density at radius 2 is 1.79 bits per heavy atom. The molecule has 5 rings (SSSR count). The Morgan fingerprint density at radius 3 is 2.43 bits per heavy atom. The van der Waals surface area contributed by atoms with Gasteiger partial charge in [-0.25, -0.2) is 9.97 Å². The maximum absolute atomic E-state index is 14.0. The molecule has 1 aliphatic rings. The van der Waals surface area contributed by atoms with Gasteiger partial charge in [-0.05, 0) is 45.0 Å². The van der Waals surface area contributed by atoms with Crippen LogP contribution in [0.3, 0.4) is 0 Å². The summed E-state index contributed by atoms with van der Waals surface area (Å²) in [7, 11) is -5.45. The van der Waals surface area contributed by atoms with Crippen LogP contribution in [0.25, 0.3) is 22.0 Å². The molecular weight excluding hydrogens is 637 g/mol. The van der Waals surface area contributed by atoms with Crippen LogP contribution in [0.15, 0.2) is 61.4 Å². The predicted molar refractivity (Wildman–Crippen MR) is 180 cm³/mol. The van der Waals surface area contributed by atoms with E-state index < -0.39 is 21.7 Å². The molecule has 1 atom stereocenters. The van der Waals surface area contributed by atoms with E-state index in [9.17, 15) is 18.9 Å². The van der Waals surface area contributed by atoms with Gasteiger partial charge in [-0.1, -0.05) is 19.2 Å². The van der Waals surface area contributed by atoms with Crippen LogP contribution in [0.2, 0.25) is 19.1 Å². The molecule has 14 heteroatoms. The average molecular weight is 678 g/mol. The molecule has 1 amide bonds. The Morgan fingerprint density at radius 1 is 1.06 bits per heavy atom. The van der Waals surface area contributed by atoms with Crippen LogP contribution in [0.1, 0.15) is 36.8 Å². The minimum absolute atomic E-state index is 0.0321. The highest BCUT2D eigenvalue weighted by Gasteiger charge is 2.44. The van der Waals surface area contributed by atoms with Crippen molar-refractivity contribution in [3.8, 4) is 16.9 Å². The summed E-state index contributed by atoms with van der Waals surface area (Å²) >= 11 is 0. The number of hydrogen-bond acceptors (Lipinski definition) is 10. The van der Waals surface area contributed by atoms with E-state index in [1.54, 1.807) is 66.3 Å². The molecule has 1 saturated heterocycles. The number of fused-ring (bicyclic) bond motifs is 1. The predicted octanol–water partition coefficient (Wildman–Crippen LogP) is 5.57. The molecule has 3 aromatic heterocycles. The summed E-state index contributed by atoms with van der Waals surface area (Å²) in [6.07, 6.45) is 8.30. The number of amides is 1. The van der Waals surface area contributed by atoms with Crippen LogP contribution < -0.4 is 4.74 Å². The second-order valence-electron chi connectivity index (χ2n) is 12.3. The van der Waals surface area contributed by atoms with E-state index in [2.05, 4.69) is 28.0 Å². The van der Waals surface area contributed by atoms with Crippen molar-refractivity contribution in [1.29, 1.82) is 0 Å². The van der Waals surface area contributed by atoms with E-state index in [1.165, 1.54) is 13.3 Å². The number of rotatable bonds is 14. The molecule has 248 valence electrons. The molecule has 0 spiro atoms. The molecule has 1 aliphatic heterocycles. The van der Waals surface area contributed by atoms with E-state index in [0.717, 1.165) is 0 Å². The molecule has 0 bridgehead atoms. The molecule has 47 heavy (non-hydrogen) atoms. The lowest BCUT2D eigenvalue weighted by Crippen LogP contribution is -2.43. The van der Waals surface area contributed by atoms with Gasteiger partial charge in [0.2, 0.25) is 5.91 Å². The molecule has 0 aliphatic carbocycles. The first-order chi connectivity index (χ1) is 22.4. The SMILES string of the molecule is CCOP(=O)(COc1cc2c(cc1-c1cncnc1)c(C(C)=O)cn2CC(=O)N1C[Si](C)(C)C[C@H]1C(=O)Cc1ccccn1)OCC. The number of Topliss-reactive ketones (excluding diaryl/α,β-unsaturated/α-hetero) is 2. The molecule has 12 nitrogen and oxygen atoms in total. The fourth-order valence-electron chi connectivity index (χ4n) is 6.02. The number of carbonyl (C=O) groups is 3. The van der Waals surface area contributed by atoms with E-state index >= 15 is 0 Å². The Bertz CT molecular complexity index is 1810. The molecule has 1 aromatic carbocycles. The molecule has 0 radical (unpaired) electrons. The number of hydrogen-bond donors (Lipinski definition) is 0. The van der Waals surface area contributed by atoms with Gasteiger partial charge in [0.15, 0.2) is 17.9 Å². The number of aromatic nitrogens is 4. The molecule has 4 heterocycles. The maximum Gasteiger partial charge on any atom is 0.367 e. The van der Waals surface area contributed by atoms with Gasteiger partial charge < -0.3 is 23.3 Å². The maximum atomic E-state index is 14.0. The lowest BCUT2D eigenvalue weighted by Gasteiger charge is -2.25. The highest BCUT2D eigenvalue weighted by molar-refractivity contribution is 7.53. The molecule has 0 saturated carbocycles. The smallest absolute Gasteiger partial charge is 0.367 e. The molecule has 1 fully saturated rings. The van der Waals surface area contributed by atoms with Gasteiger partial charge in [0, 0.05) is 64.8 Å². The zero-order valence-corrected chi connectivity index (χ0v) is 29.2. The van der Waals surface area contributed by atoms with Gasteiger partial charge >= 0.3 is 7.60 Å². The summed E-state index contributed by atoms with van der Waals surface area (Å²) in [4.78, 5) is 54.7. The van der Waals surface area contributed by atoms with Crippen LogP contribution in [-0.4, -0.2) is 81.7 Å². The summed E-state index contributed by atoms with van der Waals surface area (Å²) in [5.74, 6) is -0.0996. The van der Waals surface area contributed by atoms with E-state index in [1.807, 2.05) is 12.1 Å². The Labute approximate surface area is 275 Å². The second kappa shape index (κ2) is 14.4. The summed E-state index contributed by atoms with van der Waals surface area (Å²) in [6, 6.07) is 9.11. The van der Waals surface area contributed by atoms with Crippen molar-refractivity contribution >= 4 is 44.0 Å². The first-order valence-corrected chi connectivity index (χ1v) is 20.7. The van der Waals surface area contributed by atoms with Crippen LogP contribution in [0.4, 0.5) is 0 Å². The third-order valence-corrected chi connectivity index (χ3v) is 12.5. The fourth-order valence-corrected chi connectivity index (χ4v) is 10.3. The minimum atomic E-state index is -3.58. The standard InChI is InChI=1S/C33H40N5O7PSi/c1-6-44-46(42,45-7-2)22-43-32-14-29-27(13-26(32)24-15-34-20-35-16-24)28(23(3)39)17-37(29)18-33(41)38-21-47(4,5)19-30(38)31(40)12-25-10-8-9-11-36-25/h8-11,13-17,20,30H,6-7,12,18-19,21-22H2,1-5H3/t30-/m0/s1. The molecule has 0 unspecified atom stereocenters. The summed E-state index contributed by atoms with van der Waals surface area (Å²) in [5, 5.41) is 0.605. The zero-order chi connectivity index (χ0) is 33.8. The van der Waals surface area contributed by atoms with Gasteiger partial charge in [0.05, 0.1) is 39.3 Å². The van der Waals surface area contributed by atoms with Crippen molar-refractivity contribution in [2.45, 2.75) is 58.9 Å². The number of benzene rings is 1. The lowest BCUT2D eigenvalue weighted by atomic mass is 10.0. The molecular formula is C33H40N5O7PSi. The van der Waals surface area contributed by atoms with Crippen molar-refractivity contribution < 1.29 is 32.7 Å². The van der Waals surface area contributed by atoms with Crippen LogP contribution in [0, 0.1) is 0 Å². The summed E-state index contributed by atoms with van der Waals surface area (Å²) in [5.41, 5.74) is 2.84. The van der Waals surface area contributed by atoms with Crippen molar-refractivity contribution in [2.24, 2.45) is 0 Å². The highest BCUT2D eigenvalue weighted by Crippen LogP contribution is 2.49. The largest absolute Gasteiger partial charge is 0.480 e. The van der Waals surface area contributed by atoms with Gasteiger partial charge in [-0.2, -0.15) is 0 Å². The first kappa shape index (κ1) is 34.3. The molecule has 4 aromatic rings. The number of carbonyl (C=O) groups excluding carboxylic acids is 3. The topological polar surface area (TPSA) is 143 Å². The van der Waals surface area contributed by atoms with Crippen LogP contribution in [-0.2, 0) is 36.2 Å². The van der Waals surface area contributed by atoms with Crippen LogP contribution >= 0.6 is 7.60 Å². The second-order valence-corrected chi connectivity index (χ2v) is 19.4. The fraction of sp³-hybridized carbons (Fsp3) is 0.394. The van der Waals surface area contributed by atoms with Gasteiger partial charge in [-0.3, -0.25) is 23.9 Å². The average Bonchev–Trinajstić information content (AvgIpc) is 3.57. The third kappa shape index (κ3) is 7.93. The number of nitrogens with zero attached hydrogens (tertiary/aromatic N) is 5.